The number of benzene rings is 4. The number of nitrogens with one attached hydrogen (secondary N) is 4. The van der Waals surface area contributed by atoms with Gasteiger partial charge in [-0.15, -0.1) is 0 Å². The number of hydrogen-bond acceptors (Lipinski definition) is 5. The highest BCUT2D eigenvalue weighted by Crippen LogP contribution is 2.66. The Morgan fingerprint density at radius 2 is 1.02 bits per heavy atom. The van der Waals surface area contributed by atoms with Gasteiger partial charge in [-0.3, -0.25) is 0 Å². The van der Waals surface area contributed by atoms with Gasteiger partial charge >= 0.3 is 0 Å². The monoisotopic (exact) mass is 646 g/mol. The molecule has 2 aliphatic heterocycles. The summed E-state index contributed by atoms with van der Waals surface area (Å²) in [6.07, 6.45) is 8.63. The van der Waals surface area contributed by atoms with E-state index in [2.05, 4.69) is 118 Å². The van der Waals surface area contributed by atoms with Crippen molar-refractivity contribution in [3.63, 3.8) is 0 Å². The molecule has 3 aliphatic rings. The summed E-state index contributed by atoms with van der Waals surface area (Å²) in [5.74, 6) is 4.15. The van der Waals surface area contributed by atoms with Crippen molar-refractivity contribution < 1.29 is 4.74 Å². The van der Waals surface area contributed by atoms with Crippen LogP contribution in [0.25, 0.3) is 22.5 Å². The Hall–Kier alpha value is -4.98. The van der Waals surface area contributed by atoms with Gasteiger partial charge < -0.3 is 25.3 Å². The van der Waals surface area contributed by atoms with E-state index in [0.29, 0.717) is 36.4 Å². The van der Waals surface area contributed by atoms with Crippen LogP contribution < -0.4 is 15.4 Å². The fourth-order valence-electron chi connectivity index (χ4n) is 8.01. The second-order valence-electron chi connectivity index (χ2n) is 13.8. The number of nitrogens with zero attached hydrogens (tertiary/aromatic N) is 2. The summed E-state index contributed by atoms with van der Waals surface area (Å²) in [6, 6.07) is 38.0. The van der Waals surface area contributed by atoms with Crippen LogP contribution in [-0.2, 0) is 6.61 Å². The van der Waals surface area contributed by atoms with Crippen molar-refractivity contribution in [2.24, 2.45) is 0 Å². The third-order valence-electron chi connectivity index (χ3n) is 10.7. The minimum absolute atomic E-state index is 0.335. The predicted octanol–water partition coefficient (Wildman–Crippen LogP) is 8.56. The van der Waals surface area contributed by atoms with E-state index in [1.165, 1.54) is 46.2 Å². The van der Waals surface area contributed by atoms with Crippen molar-refractivity contribution in [3.8, 4) is 28.3 Å². The van der Waals surface area contributed by atoms with Crippen LogP contribution >= 0.6 is 0 Å². The van der Waals surface area contributed by atoms with Gasteiger partial charge in [0, 0.05) is 0 Å². The van der Waals surface area contributed by atoms with Gasteiger partial charge in [0.2, 0.25) is 0 Å². The zero-order valence-electron chi connectivity index (χ0n) is 27.6. The molecule has 2 unspecified atom stereocenters. The highest BCUT2D eigenvalue weighted by molar-refractivity contribution is 5.62. The van der Waals surface area contributed by atoms with E-state index in [4.69, 9.17) is 14.7 Å². The molecule has 1 aliphatic carbocycles. The lowest BCUT2D eigenvalue weighted by Crippen LogP contribution is -2.14. The molecule has 0 spiro atoms. The van der Waals surface area contributed by atoms with E-state index in [9.17, 15) is 0 Å². The molecule has 0 radical (unpaired) electrons. The molecule has 2 saturated heterocycles. The topological polar surface area (TPSA) is 90.7 Å². The molecule has 49 heavy (non-hydrogen) atoms. The van der Waals surface area contributed by atoms with Crippen LogP contribution in [0.5, 0.6) is 5.75 Å². The number of rotatable bonds is 10. The lowest BCUT2D eigenvalue weighted by atomic mass is 10.0. The van der Waals surface area contributed by atoms with E-state index in [1.54, 1.807) is 0 Å². The molecule has 4 N–H and O–H groups in total. The molecule has 4 heterocycles. The molecule has 4 atom stereocenters. The molecule has 246 valence electrons. The fourth-order valence-corrected chi connectivity index (χ4v) is 8.01. The molecular weight excluding hydrogens is 605 g/mol. The first-order valence-corrected chi connectivity index (χ1v) is 17.8. The van der Waals surface area contributed by atoms with E-state index in [1.807, 2.05) is 18.5 Å². The molecule has 1 saturated carbocycles. The summed E-state index contributed by atoms with van der Waals surface area (Å²) in [5.41, 5.74) is 9.75. The van der Waals surface area contributed by atoms with Crippen LogP contribution in [0.15, 0.2) is 116 Å². The summed E-state index contributed by atoms with van der Waals surface area (Å²) >= 11 is 0. The van der Waals surface area contributed by atoms with Crippen molar-refractivity contribution in [1.82, 2.24) is 30.6 Å². The number of ether oxygens (including phenoxy) is 1. The minimum atomic E-state index is 0.335. The molecule has 4 aromatic carbocycles. The Morgan fingerprint density at radius 1 is 0.551 bits per heavy atom. The third-order valence-corrected chi connectivity index (χ3v) is 10.7. The molecule has 0 amide bonds. The molecule has 7 heteroatoms. The van der Waals surface area contributed by atoms with Crippen LogP contribution in [0, 0.1) is 0 Å². The summed E-state index contributed by atoms with van der Waals surface area (Å²) in [6.45, 7) is 2.69. The van der Waals surface area contributed by atoms with Gasteiger partial charge in [-0.2, -0.15) is 0 Å². The quantitative estimate of drug-likeness (QED) is 0.120. The van der Waals surface area contributed by atoms with Gasteiger partial charge in [0.1, 0.15) is 24.0 Å². The Morgan fingerprint density at radius 3 is 1.47 bits per heavy atom. The molecule has 9 rings (SSSR count). The van der Waals surface area contributed by atoms with Gasteiger partial charge in [0.05, 0.1) is 35.9 Å². The molecule has 0 bridgehead atoms. The van der Waals surface area contributed by atoms with Crippen molar-refractivity contribution in [3.05, 3.63) is 149 Å². The molecule has 3 fully saturated rings. The molecule has 6 aromatic rings. The molecule has 2 aromatic heterocycles. The molecule has 7 nitrogen and oxygen atoms in total. The van der Waals surface area contributed by atoms with Gasteiger partial charge in [-0.1, -0.05) is 91.0 Å². The third kappa shape index (κ3) is 6.20. The zero-order valence-corrected chi connectivity index (χ0v) is 27.6. The second-order valence-corrected chi connectivity index (χ2v) is 13.8. The van der Waals surface area contributed by atoms with Crippen molar-refractivity contribution >= 4 is 0 Å². The van der Waals surface area contributed by atoms with E-state index >= 15 is 0 Å². The summed E-state index contributed by atoms with van der Waals surface area (Å²) < 4.78 is 6.12. The van der Waals surface area contributed by atoms with Crippen LogP contribution in [0.2, 0.25) is 0 Å². The van der Waals surface area contributed by atoms with Crippen molar-refractivity contribution in [1.29, 1.82) is 0 Å². The Balaban J connectivity index is 0.961. The van der Waals surface area contributed by atoms with E-state index in [0.717, 1.165) is 54.7 Å². The lowest BCUT2D eigenvalue weighted by Gasteiger charge is -2.08. The standard InChI is InChI=1S/C42H42N6O/c1-2-6-27(7-3-1)26-49-33-20-18-32(19-21-33)40-38(30-14-10-28(11-15-30)36-24-45-41(47-36)34-8-4-22-43-34)39(40)31-16-12-29(13-17-31)37-25-46-42(48-37)35-9-5-23-44-35/h1-3,6-7,10-21,24-25,34-35,38-40,43-44H,4-5,8-9,22-23,26H2,(H,45,47)(H,46,48)/t34-,35-,38?,39?,40?/m0/s1. The highest BCUT2D eigenvalue weighted by atomic mass is 16.5. The average molecular weight is 647 g/mol. The maximum absolute atomic E-state index is 6.12. The number of hydrogen-bond donors (Lipinski definition) is 4. The lowest BCUT2D eigenvalue weighted by molar-refractivity contribution is 0.306. The first-order valence-electron chi connectivity index (χ1n) is 17.8. The van der Waals surface area contributed by atoms with Crippen molar-refractivity contribution in [2.45, 2.75) is 62.1 Å². The van der Waals surface area contributed by atoms with E-state index < -0.39 is 0 Å². The van der Waals surface area contributed by atoms with E-state index in [-0.39, 0.29) is 0 Å². The predicted molar refractivity (Wildman–Crippen MR) is 193 cm³/mol. The largest absolute Gasteiger partial charge is 0.489 e. The smallest absolute Gasteiger partial charge is 0.123 e. The maximum Gasteiger partial charge on any atom is 0.123 e. The van der Waals surface area contributed by atoms with Crippen molar-refractivity contribution in [2.75, 3.05) is 13.1 Å². The molecular formula is C42H42N6O. The average Bonchev–Trinajstić information content (AvgIpc) is 3.83. The number of aromatic amines is 2. The van der Waals surface area contributed by atoms with Gasteiger partial charge in [-0.25, -0.2) is 9.97 Å². The first-order chi connectivity index (χ1) is 24.3. The minimum Gasteiger partial charge on any atom is -0.489 e. The Kier molecular flexibility index (Phi) is 8.08. The Bertz CT molecular complexity index is 1880. The fraction of sp³-hybridized carbons (Fsp3) is 0.286. The Labute approximate surface area is 287 Å². The van der Waals surface area contributed by atoms with Crippen LogP contribution in [0.4, 0.5) is 0 Å². The zero-order chi connectivity index (χ0) is 32.6. The van der Waals surface area contributed by atoms with Crippen LogP contribution in [0.3, 0.4) is 0 Å². The van der Waals surface area contributed by atoms with Crippen LogP contribution in [-0.4, -0.2) is 33.0 Å². The van der Waals surface area contributed by atoms with Crippen LogP contribution in [0.1, 0.15) is 89.4 Å². The normalized spacial score (nSPS) is 23.1. The summed E-state index contributed by atoms with van der Waals surface area (Å²) in [7, 11) is 0. The van der Waals surface area contributed by atoms with Gasteiger partial charge in [0.15, 0.2) is 0 Å². The summed E-state index contributed by atoms with van der Waals surface area (Å²) in [4.78, 5) is 16.5. The number of H-pyrrole nitrogens is 2. The highest BCUT2D eigenvalue weighted by Gasteiger charge is 2.52. The number of aromatic nitrogens is 4. The number of imidazole rings is 2. The second kappa shape index (κ2) is 13.1. The maximum atomic E-state index is 6.12. The SMILES string of the molecule is c1ccc(COc2ccc(C3C(c4ccc(-c5cnc([C@@H]6CCCN6)[nH]5)cc4)C3c3ccc(-c4cnc([C@@H]5CCCN5)[nH]4)cc3)cc2)cc1. The summed E-state index contributed by atoms with van der Waals surface area (Å²) in [5, 5.41) is 7.09. The first kappa shape index (κ1) is 30.1. The van der Waals surface area contributed by atoms with Gasteiger partial charge in [0.25, 0.3) is 0 Å². The van der Waals surface area contributed by atoms with Gasteiger partial charge in [-0.05, 0) is 102 Å².